The number of thioether (sulfide) groups is 1. The van der Waals surface area contributed by atoms with E-state index in [9.17, 15) is 0 Å². The zero-order valence-corrected chi connectivity index (χ0v) is 12.0. The van der Waals surface area contributed by atoms with Gasteiger partial charge in [-0.2, -0.15) is 11.8 Å². The highest BCUT2D eigenvalue weighted by molar-refractivity contribution is 7.98. The molecule has 0 saturated heterocycles. The minimum atomic E-state index is 0.262. The summed E-state index contributed by atoms with van der Waals surface area (Å²) in [4.78, 5) is 0. The molecule has 0 amide bonds. The molecule has 90 valence electrons. The van der Waals surface area contributed by atoms with Crippen molar-refractivity contribution < 1.29 is 0 Å². The van der Waals surface area contributed by atoms with Crippen LogP contribution in [0.25, 0.3) is 0 Å². The first kappa shape index (κ1) is 13.6. The summed E-state index contributed by atoms with van der Waals surface area (Å²) in [6.07, 6.45) is 4.74. The normalized spacial score (nSPS) is 13.8. The number of rotatable bonds is 4. The van der Waals surface area contributed by atoms with E-state index in [0.29, 0.717) is 5.25 Å². The van der Waals surface area contributed by atoms with Crippen LogP contribution in [-0.2, 0) is 5.41 Å². The maximum atomic E-state index is 2.30. The lowest BCUT2D eigenvalue weighted by atomic mass is 9.86. The van der Waals surface area contributed by atoms with Gasteiger partial charge in [-0.05, 0) is 29.2 Å². The molecule has 0 spiro atoms. The molecule has 0 heterocycles. The Bertz CT molecular complexity index is 305. The molecule has 0 bridgehead atoms. The topological polar surface area (TPSA) is 0 Å². The van der Waals surface area contributed by atoms with E-state index in [1.54, 1.807) is 0 Å². The third kappa shape index (κ3) is 3.55. The SMILES string of the molecule is CCCC(SC)c1ccc(C(C)(C)C)cc1. The minimum absolute atomic E-state index is 0.262. The quantitative estimate of drug-likeness (QED) is 0.693. The molecule has 16 heavy (non-hydrogen) atoms. The molecule has 0 fully saturated rings. The van der Waals surface area contributed by atoms with E-state index in [4.69, 9.17) is 0 Å². The van der Waals surface area contributed by atoms with Gasteiger partial charge in [0.1, 0.15) is 0 Å². The van der Waals surface area contributed by atoms with E-state index in [-0.39, 0.29) is 5.41 Å². The highest BCUT2D eigenvalue weighted by Gasteiger charge is 2.14. The van der Waals surface area contributed by atoms with E-state index >= 15 is 0 Å². The predicted octanol–water partition coefficient (Wildman–Crippen LogP) is 5.19. The third-order valence-corrected chi connectivity index (χ3v) is 4.06. The van der Waals surface area contributed by atoms with Crippen molar-refractivity contribution in [2.24, 2.45) is 0 Å². The Morgan fingerprint density at radius 2 is 1.69 bits per heavy atom. The van der Waals surface area contributed by atoms with Crippen molar-refractivity contribution in [2.45, 2.75) is 51.2 Å². The lowest BCUT2D eigenvalue weighted by molar-refractivity contribution is 0.590. The Balaban J connectivity index is 2.85. The summed E-state index contributed by atoms with van der Waals surface area (Å²) in [5.41, 5.74) is 3.16. The average Bonchev–Trinajstić information content (AvgIpc) is 2.25. The summed E-state index contributed by atoms with van der Waals surface area (Å²) in [6.45, 7) is 9.05. The van der Waals surface area contributed by atoms with E-state index in [0.717, 1.165) is 0 Å². The van der Waals surface area contributed by atoms with Gasteiger partial charge in [-0.15, -0.1) is 0 Å². The van der Waals surface area contributed by atoms with Gasteiger partial charge in [0.15, 0.2) is 0 Å². The van der Waals surface area contributed by atoms with E-state index in [1.807, 2.05) is 11.8 Å². The van der Waals surface area contributed by atoms with Crippen LogP contribution in [0.1, 0.15) is 56.9 Å². The lowest BCUT2D eigenvalue weighted by Crippen LogP contribution is -2.10. The highest BCUT2D eigenvalue weighted by Crippen LogP contribution is 2.32. The summed E-state index contributed by atoms with van der Waals surface area (Å²) >= 11 is 1.96. The summed E-state index contributed by atoms with van der Waals surface area (Å²) < 4.78 is 0. The second-order valence-corrected chi connectivity index (χ2v) is 6.43. The van der Waals surface area contributed by atoms with Crippen molar-refractivity contribution in [3.05, 3.63) is 35.4 Å². The van der Waals surface area contributed by atoms with Crippen molar-refractivity contribution in [3.63, 3.8) is 0 Å². The Labute approximate surface area is 105 Å². The summed E-state index contributed by atoms with van der Waals surface area (Å²) in [6, 6.07) is 9.18. The van der Waals surface area contributed by atoms with Crippen LogP contribution in [0.3, 0.4) is 0 Å². The fourth-order valence-electron chi connectivity index (χ4n) is 1.88. The van der Waals surface area contributed by atoms with Crippen LogP contribution >= 0.6 is 11.8 Å². The number of benzene rings is 1. The van der Waals surface area contributed by atoms with Crippen molar-refractivity contribution in [1.29, 1.82) is 0 Å². The fourth-order valence-corrected chi connectivity index (χ4v) is 2.78. The molecular weight excluding hydrogens is 212 g/mol. The molecule has 0 saturated carbocycles. The molecule has 1 atom stereocenters. The third-order valence-electron chi connectivity index (χ3n) is 2.98. The molecule has 1 heteroatoms. The van der Waals surface area contributed by atoms with Crippen LogP contribution in [-0.4, -0.2) is 6.26 Å². The molecule has 0 aliphatic rings. The van der Waals surface area contributed by atoms with Crippen LogP contribution in [0.2, 0.25) is 0 Å². The molecule has 0 nitrogen and oxygen atoms in total. The van der Waals surface area contributed by atoms with Crippen LogP contribution in [0.4, 0.5) is 0 Å². The second kappa shape index (κ2) is 5.77. The monoisotopic (exact) mass is 236 g/mol. The molecule has 1 aromatic carbocycles. The average molecular weight is 236 g/mol. The van der Waals surface area contributed by atoms with E-state index in [2.05, 4.69) is 58.2 Å². The number of hydrogen-bond donors (Lipinski definition) is 0. The maximum Gasteiger partial charge on any atom is 0.0294 e. The lowest BCUT2D eigenvalue weighted by Gasteiger charge is -2.20. The Morgan fingerprint density at radius 3 is 2.06 bits per heavy atom. The van der Waals surface area contributed by atoms with Gasteiger partial charge in [-0.25, -0.2) is 0 Å². The summed E-state index contributed by atoms with van der Waals surface area (Å²) in [7, 11) is 0. The zero-order chi connectivity index (χ0) is 12.2. The largest absolute Gasteiger partial charge is 0.157 e. The molecular formula is C15H24S. The predicted molar refractivity (Wildman–Crippen MR) is 76.3 cm³/mol. The first-order valence-electron chi connectivity index (χ1n) is 6.12. The zero-order valence-electron chi connectivity index (χ0n) is 11.2. The Morgan fingerprint density at radius 1 is 1.12 bits per heavy atom. The molecule has 0 N–H and O–H groups in total. The van der Waals surface area contributed by atoms with Crippen LogP contribution in [0.15, 0.2) is 24.3 Å². The highest BCUT2D eigenvalue weighted by atomic mass is 32.2. The van der Waals surface area contributed by atoms with Gasteiger partial charge in [-0.3, -0.25) is 0 Å². The van der Waals surface area contributed by atoms with Gasteiger partial charge >= 0.3 is 0 Å². The van der Waals surface area contributed by atoms with Crippen LogP contribution in [0, 0.1) is 0 Å². The minimum Gasteiger partial charge on any atom is -0.157 e. The standard InChI is InChI=1S/C15H24S/c1-6-7-14(16-5)12-8-10-13(11-9-12)15(2,3)4/h8-11,14H,6-7H2,1-5H3. The molecule has 0 aromatic heterocycles. The van der Waals surface area contributed by atoms with Crippen molar-refractivity contribution >= 4 is 11.8 Å². The van der Waals surface area contributed by atoms with Gasteiger partial charge in [0.05, 0.1) is 0 Å². The molecule has 1 aromatic rings. The van der Waals surface area contributed by atoms with Crippen molar-refractivity contribution in [2.75, 3.05) is 6.26 Å². The maximum absolute atomic E-state index is 2.30. The van der Waals surface area contributed by atoms with Gasteiger partial charge in [0, 0.05) is 5.25 Å². The van der Waals surface area contributed by atoms with Gasteiger partial charge in [0.25, 0.3) is 0 Å². The molecule has 0 aliphatic heterocycles. The first-order valence-corrected chi connectivity index (χ1v) is 7.41. The molecule has 0 aliphatic carbocycles. The van der Waals surface area contributed by atoms with Crippen LogP contribution in [0.5, 0.6) is 0 Å². The van der Waals surface area contributed by atoms with Crippen LogP contribution < -0.4 is 0 Å². The van der Waals surface area contributed by atoms with Gasteiger partial charge in [-0.1, -0.05) is 58.4 Å². The fraction of sp³-hybridized carbons (Fsp3) is 0.600. The molecule has 1 rings (SSSR count). The Kier molecular flexibility index (Phi) is 4.91. The van der Waals surface area contributed by atoms with E-state index in [1.165, 1.54) is 24.0 Å². The van der Waals surface area contributed by atoms with Gasteiger partial charge < -0.3 is 0 Å². The first-order chi connectivity index (χ1) is 7.49. The van der Waals surface area contributed by atoms with E-state index < -0.39 is 0 Å². The van der Waals surface area contributed by atoms with Gasteiger partial charge in [0.2, 0.25) is 0 Å². The molecule has 0 radical (unpaired) electrons. The Hall–Kier alpha value is -0.430. The summed E-state index contributed by atoms with van der Waals surface area (Å²) in [5.74, 6) is 0. The smallest absolute Gasteiger partial charge is 0.0294 e. The van der Waals surface area contributed by atoms with Crippen molar-refractivity contribution in [3.8, 4) is 0 Å². The second-order valence-electron chi connectivity index (χ2n) is 5.39. The molecule has 1 unspecified atom stereocenters. The van der Waals surface area contributed by atoms with Crippen molar-refractivity contribution in [1.82, 2.24) is 0 Å². The summed E-state index contributed by atoms with van der Waals surface area (Å²) in [5, 5.41) is 0.666. The number of hydrogen-bond acceptors (Lipinski definition) is 1.